The van der Waals surface area contributed by atoms with E-state index in [1.807, 2.05) is 0 Å². The second-order valence-corrected chi connectivity index (χ2v) is 5.08. The van der Waals surface area contributed by atoms with Crippen molar-refractivity contribution in [2.75, 3.05) is 0 Å². The molecule has 0 amide bonds. The molecule has 0 saturated heterocycles. The Kier molecular flexibility index (Phi) is 5.86. The molecule has 0 bridgehead atoms. The molecule has 0 N–H and O–H groups in total. The third-order valence-corrected chi connectivity index (χ3v) is 3.67. The van der Waals surface area contributed by atoms with Gasteiger partial charge in [-0.25, -0.2) is 0 Å². The van der Waals surface area contributed by atoms with E-state index < -0.39 is 0 Å². The van der Waals surface area contributed by atoms with E-state index in [2.05, 4.69) is 6.92 Å². The van der Waals surface area contributed by atoms with Crippen LogP contribution in [-0.2, 0) is 0 Å². The van der Waals surface area contributed by atoms with Crippen LogP contribution in [0.25, 0.3) is 0 Å². The van der Waals surface area contributed by atoms with E-state index in [4.69, 9.17) is 11.6 Å². The number of hydrogen-bond acceptors (Lipinski definition) is 0. The normalized spacial score (nSPS) is 30.9. The monoisotopic (exact) mass is 202 g/mol. The van der Waals surface area contributed by atoms with Crippen LogP contribution in [0.1, 0.15) is 64.7 Å². The highest BCUT2D eigenvalue weighted by atomic mass is 35.5. The first-order chi connectivity index (χ1) is 6.33. The highest BCUT2D eigenvalue weighted by molar-refractivity contribution is 6.20. The lowest BCUT2D eigenvalue weighted by molar-refractivity contribution is 0.353. The Morgan fingerprint density at radius 2 is 1.85 bits per heavy atom. The fourth-order valence-electron chi connectivity index (χ4n) is 2.29. The number of unbranched alkanes of at least 4 members (excludes halogenated alkanes) is 1. The summed E-state index contributed by atoms with van der Waals surface area (Å²) < 4.78 is 0. The number of rotatable bonds is 3. The number of alkyl halides is 1. The van der Waals surface area contributed by atoms with Crippen molar-refractivity contribution in [3.8, 4) is 0 Å². The third kappa shape index (κ3) is 4.90. The van der Waals surface area contributed by atoms with E-state index in [1.54, 1.807) is 0 Å². The van der Waals surface area contributed by atoms with E-state index in [0.717, 1.165) is 5.92 Å². The summed E-state index contributed by atoms with van der Waals surface area (Å²) in [6.45, 7) is 2.28. The predicted octanol–water partition coefficient (Wildman–Crippen LogP) is 4.75. The summed E-state index contributed by atoms with van der Waals surface area (Å²) in [6, 6.07) is 0. The molecule has 1 rings (SSSR count). The molecule has 1 heteroatoms. The quantitative estimate of drug-likeness (QED) is 0.580. The average molecular weight is 203 g/mol. The van der Waals surface area contributed by atoms with Crippen LogP contribution >= 0.6 is 11.6 Å². The van der Waals surface area contributed by atoms with E-state index >= 15 is 0 Å². The van der Waals surface area contributed by atoms with E-state index in [1.165, 1.54) is 57.8 Å². The molecule has 0 nitrogen and oxygen atoms in total. The molecule has 0 aromatic rings. The van der Waals surface area contributed by atoms with Crippen molar-refractivity contribution in [2.24, 2.45) is 5.92 Å². The van der Waals surface area contributed by atoms with Crippen LogP contribution in [0.2, 0.25) is 0 Å². The summed E-state index contributed by atoms with van der Waals surface area (Å²) in [7, 11) is 0. The van der Waals surface area contributed by atoms with Gasteiger partial charge in [0.15, 0.2) is 0 Å². The summed E-state index contributed by atoms with van der Waals surface area (Å²) in [5, 5.41) is 0.476. The average Bonchev–Trinajstić information content (AvgIpc) is 2.11. The van der Waals surface area contributed by atoms with Crippen molar-refractivity contribution in [3.63, 3.8) is 0 Å². The Morgan fingerprint density at radius 3 is 2.62 bits per heavy atom. The van der Waals surface area contributed by atoms with Crippen LogP contribution < -0.4 is 0 Å². The van der Waals surface area contributed by atoms with Gasteiger partial charge in [0, 0.05) is 5.38 Å². The molecule has 1 aliphatic carbocycles. The minimum Gasteiger partial charge on any atom is -0.123 e. The van der Waals surface area contributed by atoms with Gasteiger partial charge in [-0.2, -0.15) is 0 Å². The van der Waals surface area contributed by atoms with Crippen molar-refractivity contribution < 1.29 is 0 Å². The van der Waals surface area contributed by atoms with Crippen LogP contribution in [-0.4, -0.2) is 5.38 Å². The van der Waals surface area contributed by atoms with Gasteiger partial charge in [-0.1, -0.05) is 45.4 Å². The van der Waals surface area contributed by atoms with E-state index in [-0.39, 0.29) is 0 Å². The summed E-state index contributed by atoms with van der Waals surface area (Å²) >= 11 is 6.19. The number of halogens is 1. The lowest BCUT2D eigenvalue weighted by Gasteiger charge is -2.21. The SMILES string of the molecule is CCCCC1CCCCC(Cl)CC1. The molecule has 0 aromatic carbocycles. The second kappa shape index (κ2) is 6.70. The molecule has 78 valence electrons. The molecular weight excluding hydrogens is 180 g/mol. The van der Waals surface area contributed by atoms with Crippen LogP contribution in [0.15, 0.2) is 0 Å². The minimum atomic E-state index is 0.476. The molecule has 13 heavy (non-hydrogen) atoms. The molecule has 0 aromatic heterocycles. The predicted molar refractivity (Wildman–Crippen MR) is 60.4 cm³/mol. The van der Waals surface area contributed by atoms with Crippen molar-refractivity contribution in [1.29, 1.82) is 0 Å². The molecule has 2 atom stereocenters. The maximum absolute atomic E-state index is 6.19. The Balaban J connectivity index is 2.20. The van der Waals surface area contributed by atoms with Gasteiger partial charge < -0.3 is 0 Å². The molecule has 1 saturated carbocycles. The molecule has 2 unspecified atom stereocenters. The largest absolute Gasteiger partial charge is 0.123 e. The maximum Gasteiger partial charge on any atom is 0.0336 e. The summed E-state index contributed by atoms with van der Waals surface area (Å²) in [5.41, 5.74) is 0. The Morgan fingerprint density at radius 1 is 1.08 bits per heavy atom. The molecule has 1 fully saturated rings. The fraction of sp³-hybridized carbons (Fsp3) is 1.00. The van der Waals surface area contributed by atoms with Gasteiger partial charge in [0.25, 0.3) is 0 Å². The van der Waals surface area contributed by atoms with Gasteiger partial charge in [0.1, 0.15) is 0 Å². The van der Waals surface area contributed by atoms with Gasteiger partial charge in [0.05, 0.1) is 0 Å². The molecule has 0 spiro atoms. The van der Waals surface area contributed by atoms with Crippen LogP contribution in [0.4, 0.5) is 0 Å². The smallest absolute Gasteiger partial charge is 0.0336 e. The summed E-state index contributed by atoms with van der Waals surface area (Å²) in [6.07, 6.45) is 12.3. The van der Waals surface area contributed by atoms with Gasteiger partial charge in [0.2, 0.25) is 0 Å². The van der Waals surface area contributed by atoms with Gasteiger partial charge >= 0.3 is 0 Å². The lowest BCUT2D eigenvalue weighted by atomic mass is 9.87. The van der Waals surface area contributed by atoms with Crippen LogP contribution in [0.3, 0.4) is 0 Å². The van der Waals surface area contributed by atoms with E-state index in [9.17, 15) is 0 Å². The van der Waals surface area contributed by atoms with Gasteiger partial charge in [-0.05, 0) is 25.2 Å². The number of hydrogen-bond donors (Lipinski definition) is 0. The fourth-order valence-corrected chi connectivity index (χ4v) is 2.57. The van der Waals surface area contributed by atoms with Crippen molar-refractivity contribution in [1.82, 2.24) is 0 Å². The van der Waals surface area contributed by atoms with E-state index in [0.29, 0.717) is 5.38 Å². The van der Waals surface area contributed by atoms with Gasteiger partial charge in [-0.15, -0.1) is 11.6 Å². The Bertz CT molecular complexity index is 120. The van der Waals surface area contributed by atoms with Crippen molar-refractivity contribution in [2.45, 2.75) is 70.1 Å². The zero-order valence-corrected chi connectivity index (χ0v) is 9.65. The zero-order valence-electron chi connectivity index (χ0n) is 8.90. The summed E-state index contributed by atoms with van der Waals surface area (Å²) in [5.74, 6) is 0.987. The standard InChI is InChI=1S/C12H23Cl/c1-2-3-6-11-7-4-5-8-12(13)10-9-11/h11-12H,2-10H2,1H3. The highest BCUT2D eigenvalue weighted by Gasteiger charge is 2.14. The second-order valence-electron chi connectivity index (χ2n) is 4.47. The highest BCUT2D eigenvalue weighted by Crippen LogP contribution is 2.28. The van der Waals surface area contributed by atoms with Crippen LogP contribution in [0, 0.1) is 5.92 Å². The molecule has 0 radical (unpaired) electrons. The van der Waals surface area contributed by atoms with Gasteiger partial charge in [-0.3, -0.25) is 0 Å². The Hall–Kier alpha value is 0.290. The molecule has 0 aliphatic heterocycles. The third-order valence-electron chi connectivity index (χ3n) is 3.23. The topological polar surface area (TPSA) is 0 Å². The summed E-state index contributed by atoms with van der Waals surface area (Å²) in [4.78, 5) is 0. The van der Waals surface area contributed by atoms with Crippen LogP contribution in [0.5, 0.6) is 0 Å². The molecule has 1 aliphatic rings. The zero-order chi connectivity index (χ0) is 9.52. The first-order valence-corrected chi connectivity index (χ1v) is 6.40. The molecule has 0 heterocycles. The lowest BCUT2D eigenvalue weighted by Crippen LogP contribution is -2.09. The first-order valence-electron chi connectivity index (χ1n) is 5.97. The van der Waals surface area contributed by atoms with Crippen molar-refractivity contribution in [3.05, 3.63) is 0 Å². The maximum atomic E-state index is 6.19. The first kappa shape index (κ1) is 11.4. The molecular formula is C12H23Cl. The van der Waals surface area contributed by atoms with Crippen molar-refractivity contribution >= 4 is 11.6 Å². The minimum absolute atomic E-state index is 0.476. The Labute approximate surface area is 88.1 Å².